The Morgan fingerprint density at radius 3 is 2.54 bits per heavy atom. The number of fused-ring (bicyclic) bond motifs is 1. The Morgan fingerprint density at radius 1 is 1.04 bits per heavy atom. The lowest BCUT2D eigenvalue weighted by molar-refractivity contribution is 0.101. The highest BCUT2D eigenvalue weighted by molar-refractivity contribution is 5.97. The number of rotatable bonds is 4. The van der Waals surface area contributed by atoms with Gasteiger partial charge in [0.2, 0.25) is 0 Å². The number of imidazole rings is 1. The fourth-order valence-electron chi connectivity index (χ4n) is 3.86. The van der Waals surface area contributed by atoms with Crippen LogP contribution < -0.4 is 4.90 Å². The minimum Gasteiger partial charge on any atom is -0.371 e. The molecule has 1 aliphatic rings. The van der Waals surface area contributed by atoms with Gasteiger partial charge in [-0.05, 0) is 62.6 Å². The molecular formula is C22H25N3O. The topological polar surface area (TPSA) is 38.1 Å². The number of aromatic nitrogens is 2. The van der Waals surface area contributed by atoms with E-state index in [1.165, 1.54) is 24.9 Å². The predicted molar refractivity (Wildman–Crippen MR) is 107 cm³/mol. The number of piperidine rings is 1. The summed E-state index contributed by atoms with van der Waals surface area (Å²) in [6, 6.07) is 14.6. The van der Waals surface area contributed by atoms with Crippen molar-refractivity contribution in [3.63, 3.8) is 0 Å². The third-order valence-electron chi connectivity index (χ3n) is 5.26. The summed E-state index contributed by atoms with van der Waals surface area (Å²) in [5.41, 5.74) is 5.09. The number of hydrogen-bond donors (Lipinski definition) is 0. The van der Waals surface area contributed by atoms with Crippen molar-refractivity contribution >= 4 is 22.5 Å². The fourth-order valence-corrected chi connectivity index (χ4v) is 3.86. The van der Waals surface area contributed by atoms with E-state index in [2.05, 4.69) is 40.7 Å². The van der Waals surface area contributed by atoms with Gasteiger partial charge in [0, 0.05) is 36.4 Å². The minimum absolute atomic E-state index is 0.0756. The summed E-state index contributed by atoms with van der Waals surface area (Å²) in [5.74, 6) is 1.10. The number of aryl methyl sites for hydroxylation is 1. The van der Waals surface area contributed by atoms with E-state index in [-0.39, 0.29) is 5.78 Å². The van der Waals surface area contributed by atoms with Gasteiger partial charge in [0.15, 0.2) is 5.78 Å². The lowest BCUT2D eigenvalue weighted by atomic mass is 10.1. The van der Waals surface area contributed by atoms with E-state index in [1.54, 1.807) is 6.92 Å². The third kappa shape index (κ3) is 3.00. The normalized spacial score (nSPS) is 14.8. The molecule has 0 radical (unpaired) electrons. The Bertz CT molecular complexity index is 951. The van der Waals surface area contributed by atoms with Crippen molar-refractivity contribution in [1.82, 2.24) is 9.55 Å². The van der Waals surface area contributed by atoms with Gasteiger partial charge in [0.1, 0.15) is 5.82 Å². The maximum atomic E-state index is 11.7. The predicted octanol–water partition coefficient (Wildman–Crippen LogP) is 4.78. The second-order valence-electron chi connectivity index (χ2n) is 7.04. The maximum absolute atomic E-state index is 11.7. The summed E-state index contributed by atoms with van der Waals surface area (Å²) in [4.78, 5) is 19.0. The van der Waals surface area contributed by atoms with Crippen LogP contribution >= 0.6 is 0 Å². The van der Waals surface area contributed by atoms with Crippen LogP contribution in [0.1, 0.15) is 49.3 Å². The first-order valence-corrected chi connectivity index (χ1v) is 9.55. The number of nitrogens with zero attached hydrogens (tertiary/aromatic N) is 3. The van der Waals surface area contributed by atoms with Gasteiger partial charge in [0.05, 0.1) is 11.0 Å². The van der Waals surface area contributed by atoms with Gasteiger partial charge >= 0.3 is 0 Å². The molecule has 134 valence electrons. The van der Waals surface area contributed by atoms with Crippen LogP contribution in [0.3, 0.4) is 0 Å². The summed E-state index contributed by atoms with van der Waals surface area (Å²) >= 11 is 0. The van der Waals surface area contributed by atoms with E-state index in [0.717, 1.165) is 42.1 Å². The van der Waals surface area contributed by atoms with Gasteiger partial charge in [-0.3, -0.25) is 9.36 Å². The van der Waals surface area contributed by atoms with Gasteiger partial charge in [-0.15, -0.1) is 0 Å². The number of benzene rings is 2. The highest BCUT2D eigenvalue weighted by Crippen LogP contribution is 2.27. The molecule has 0 saturated carbocycles. The molecule has 0 spiro atoms. The first kappa shape index (κ1) is 16.8. The van der Waals surface area contributed by atoms with Gasteiger partial charge in [0.25, 0.3) is 0 Å². The van der Waals surface area contributed by atoms with Crippen molar-refractivity contribution in [2.75, 3.05) is 18.0 Å². The maximum Gasteiger partial charge on any atom is 0.159 e. The molecule has 26 heavy (non-hydrogen) atoms. The zero-order chi connectivity index (χ0) is 18.1. The molecule has 1 aromatic heterocycles. The van der Waals surface area contributed by atoms with E-state index in [4.69, 9.17) is 4.98 Å². The minimum atomic E-state index is 0.0756. The van der Waals surface area contributed by atoms with Crippen LogP contribution in [-0.4, -0.2) is 28.4 Å². The average molecular weight is 347 g/mol. The van der Waals surface area contributed by atoms with Crippen molar-refractivity contribution < 1.29 is 4.79 Å². The lowest BCUT2D eigenvalue weighted by Crippen LogP contribution is -2.29. The van der Waals surface area contributed by atoms with E-state index < -0.39 is 0 Å². The molecule has 0 N–H and O–H groups in total. The van der Waals surface area contributed by atoms with Crippen LogP contribution in [0.2, 0.25) is 0 Å². The molecule has 1 aliphatic heterocycles. The van der Waals surface area contributed by atoms with Crippen LogP contribution in [0.15, 0.2) is 42.5 Å². The summed E-state index contributed by atoms with van der Waals surface area (Å²) in [7, 11) is 0. The molecule has 4 nitrogen and oxygen atoms in total. The molecular weight excluding hydrogens is 322 g/mol. The van der Waals surface area contributed by atoms with Gasteiger partial charge in [-0.1, -0.05) is 13.0 Å². The number of Topliss-reactive ketones (excluding diaryl/α,β-unsaturated/α-hetero) is 1. The van der Waals surface area contributed by atoms with Crippen LogP contribution in [0, 0.1) is 0 Å². The monoisotopic (exact) mass is 347 g/mol. The van der Waals surface area contributed by atoms with Gasteiger partial charge in [-0.2, -0.15) is 0 Å². The molecule has 2 aromatic carbocycles. The Balaban J connectivity index is 1.81. The Hall–Kier alpha value is -2.62. The largest absolute Gasteiger partial charge is 0.371 e. The van der Waals surface area contributed by atoms with Crippen LogP contribution in [-0.2, 0) is 6.42 Å². The lowest BCUT2D eigenvalue weighted by Gasteiger charge is -2.29. The first-order valence-electron chi connectivity index (χ1n) is 9.55. The molecule has 0 unspecified atom stereocenters. The summed E-state index contributed by atoms with van der Waals surface area (Å²) in [6.45, 7) is 5.99. The quantitative estimate of drug-likeness (QED) is 0.637. The molecule has 2 heterocycles. The molecule has 1 fully saturated rings. The zero-order valence-corrected chi connectivity index (χ0v) is 15.5. The second kappa shape index (κ2) is 6.94. The van der Waals surface area contributed by atoms with Crippen LogP contribution in [0.4, 0.5) is 5.69 Å². The van der Waals surface area contributed by atoms with E-state index >= 15 is 0 Å². The molecule has 4 heteroatoms. The van der Waals surface area contributed by atoms with Crippen LogP contribution in [0.25, 0.3) is 16.7 Å². The average Bonchev–Trinajstić information content (AvgIpc) is 3.06. The Kier molecular flexibility index (Phi) is 4.49. The van der Waals surface area contributed by atoms with Crippen molar-refractivity contribution in [3.8, 4) is 5.69 Å². The Labute approximate surface area is 154 Å². The van der Waals surface area contributed by atoms with Crippen LogP contribution in [0.5, 0.6) is 0 Å². The van der Waals surface area contributed by atoms with Crippen molar-refractivity contribution in [2.45, 2.75) is 39.5 Å². The van der Waals surface area contributed by atoms with Crippen molar-refractivity contribution in [3.05, 3.63) is 53.9 Å². The summed E-state index contributed by atoms with van der Waals surface area (Å²) in [6.07, 6.45) is 4.72. The number of carbonyl (C=O) groups excluding carboxylic acids is 1. The highest BCUT2D eigenvalue weighted by atomic mass is 16.1. The Morgan fingerprint density at radius 2 is 1.81 bits per heavy atom. The van der Waals surface area contributed by atoms with Crippen molar-refractivity contribution in [2.24, 2.45) is 0 Å². The molecule has 0 bridgehead atoms. The molecule has 3 aromatic rings. The second-order valence-corrected chi connectivity index (χ2v) is 7.04. The van der Waals surface area contributed by atoms with E-state index in [1.807, 2.05) is 18.2 Å². The molecule has 4 rings (SSSR count). The molecule has 0 aliphatic carbocycles. The standard InChI is InChI=1S/C22H25N3O/c1-3-22-23-20-14-17(16(2)26)10-11-21(20)25(22)19-9-7-8-18(15-19)24-12-5-4-6-13-24/h7-11,14-15H,3-6,12-13H2,1-2H3. The molecule has 0 amide bonds. The van der Waals surface area contributed by atoms with Gasteiger partial charge in [-0.25, -0.2) is 4.98 Å². The number of ketones is 1. The number of hydrogen-bond acceptors (Lipinski definition) is 3. The number of anilines is 1. The SMILES string of the molecule is CCc1nc2cc(C(C)=O)ccc2n1-c1cccc(N2CCCCC2)c1. The van der Waals surface area contributed by atoms with E-state index in [9.17, 15) is 4.79 Å². The first-order chi connectivity index (χ1) is 12.7. The summed E-state index contributed by atoms with van der Waals surface area (Å²) < 4.78 is 2.23. The number of carbonyl (C=O) groups is 1. The van der Waals surface area contributed by atoms with E-state index in [0.29, 0.717) is 5.56 Å². The fraction of sp³-hybridized carbons (Fsp3) is 0.364. The zero-order valence-electron chi connectivity index (χ0n) is 15.5. The smallest absolute Gasteiger partial charge is 0.159 e. The third-order valence-corrected chi connectivity index (χ3v) is 5.26. The molecule has 0 atom stereocenters. The van der Waals surface area contributed by atoms with Gasteiger partial charge < -0.3 is 4.90 Å². The summed E-state index contributed by atoms with van der Waals surface area (Å²) in [5, 5.41) is 0. The highest BCUT2D eigenvalue weighted by Gasteiger charge is 2.15. The van der Waals surface area contributed by atoms with Crippen molar-refractivity contribution in [1.29, 1.82) is 0 Å². The molecule has 1 saturated heterocycles.